The van der Waals surface area contributed by atoms with Gasteiger partial charge in [0.05, 0.1) is 20.6 Å². The number of thiocyanates is 1. The maximum absolute atomic E-state index is 7.13. The van der Waals surface area contributed by atoms with Crippen LogP contribution in [0.2, 0.25) is 0 Å². The van der Waals surface area contributed by atoms with Crippen LogP contribution in [-0.2, 0) is 12.6 Å². The highest BCUT2D eigenvalue weighted by Gasteiger charge is 2.18. The SMILES string of the molecule is C=Cc1cc(C)cc([N+](C)(C)CCCCC)c1.N#C[S-]. The van der Waals surface area contributed by atoms with Crippen molar-refractivity contribution in [2.75, 3.05) is 20.6 Å². The monoisotopic (exact) mass is 290 g/mol. The minimum Gasteiger partial charge on any atom is -0.696 e. The van der Waals surface area contributed by atoms with Crippen molar-refractivity contribution in [1.82, 2.24) is 4.48 Å². The number of rotatable bonds is 6. The van der Waals surface area contributed by atoms with Gasteiger partial charge in [-0.3, -0.25) is 4.48 Å². The highest BCUT2D eigenvalue weighted by atomic mass is 32.1. The lowest BCUT2D eigenvalue weighted by atomic mass is 10.1. The zero-order valence-electron chi connectivity index (χ0n) is 13.1. The molecule has 0 saturated heterocycles. The fraction of sp³-hybridized carbons (Fsp3) is 0.471. The van der Waals surface area contributed by atoms with Crippen molar-refractivity contribution >= 4 is 24.4 Å². The predicted octanol–water partition coefficient (Wildman–Crippen LogP) is 4.41. The molecule has 0 aliphatic rings. The molecule has 0 heterocycles. The Morgan fingerprint density at radius 1 is 1.30 bits per heavy atom. The third kappa shape index (κ3) is 6.70. The number of quaternary nitrogens is 1. The van der Waals surface area contributed by atoms with Gasteiger partial charge in [-0.25, -0.2) is 5.26 Å². The molecule has 0 saturated carbocycles. The normalized spacial score (nSPS) is 10.2. The van der Waals surface area contributed by atoms with Gasteiger partial charge in [0, 0.05) is 12.1 Å². The molecule has 0 atom stereocenters. The van der Waals surface area contributed by atoms with Crippen LogP contribution in [0.1, 0.15) is 37.3 Å². The topological polar surface area (TPSA) is 23.8 Å². The zero-order valence-corrected chi connectivity index (χ0v) is 14.0. The van der Waals surface area contributed by atoms with Gasteiger partial charge in [0.2, 0.25) is 0 Å². The Morgan fingerprint density at radius 2 is 1.90 bits per heavy atom. The van der Waals surface area contributed by atoms with Crippen LogP contribution in [0.3, 0.4) is 0 Å². The Bertz CT molecular complexity index is 459. The molecule has 0 aliphatic heterocycles. The molecular weight excluding hydrogens is 264 g/mol. The lowest BCUT2D eigenvalue weighted by Crippen LogP contribution is -2.41. The van der Waals surface area contributed by atoms with E-state index in [-0.39, 0.29) is 0 Å². The molecule has 0 aliphatic carbocycles. The lowest BCUT2D eigenvalue weighted by Gasteiger charge is -2.30. The smallest absolute Gasteiger partial charge is 0.133 e. The molecule has 0 unspecified atom stereocenters. The zero-order chi connectivity index (χ0) is 15.6. The van der Waals surface area contributed by atoms with Crippen LogP contribution in [-0.4, -0.2) is 20.6 Å². The third-order valence-corrected chi connectivity index (χ3v) is 3.34. The van der Waals surface area contributed by atoms with E-state index < -0.39 is 0 Å². The highest BCUT2D eigenvalue weighted by Crippen LogP contribution is 2.24. The number of hydrogen-bond acceptors (Lipinski definition) is 2. The molecule has 3 heteroatoms. The van der Waals surface area contributed by atoms with Gasteiger partial charge in [-0.2, -0.15) is 0 Å². The Morgan fingerprint density at radius 3 is 2.40 bits per heavy atom. The molecule has 0 bridgehead atoms. The summed E-state index contributed by atoms with van der Waals surface area (Å²) in [5, 5.41) is 8.47. The van der Waals surface area contributed by atoms with Crippen LogP contribution in [0.4, 0.5) is 5.69 Å². The van der Waals surface area contributed by atoms with E-state index >= 15 is 0 Å². The minimum absolute atomic E-state index is 0.961. The summed E-state index contributed by atoms with van der Waals surface area (Å²) < 4.78 is 0.961. The summed E-state index contributed by atoms with van der Waals surface area (Å²) in [6, 6.07) is 6.73. The van der Waals surface area contributed by atoms with Gasteiger partial charge in [0.1, 0.15) is 5.69 Å². The van der Waals surface area contributed by atoms with Crippen LogP contribution in [0.25, 0.3) is 6.08 Å². The summed E-state index contributed by atoms with van der Waals surface area (Å²) in [6.07, 6.45) is 5.83. The van der Waals surface area contributed by atoms with Crippen molar-refractivity contribution in [2.45, 2.75) is 33.1 Å². The molecule has 20 heavy (non-hydrogen) atoms. The molecule has 2 nitrogen and oxygen atoms in total. The Balaban J connectivity index is 0.00000110. The van der Waals surface area contributed by atoms with Crippen molar-refractivity contribution in [3.8, 4) is 5.40 Å². The second kappa shape index (κ2) is 9.52. The van der Waals surface area contributed by atoms with Gasteiger partial charge in [-0.15, -0.1) is 0 Å². The summed E-state index contributed by atoms with van der Waals surface area (Å²) in [5.41, 5.74) is 3.93. The summed E-state index contributed by atoms with van der Waals surface area (Å²) >= 11 is 3.70. The van der Waals surface area contributed by atoms with E-state index in [1.807, 2.05) is 6.08 Å². The van der Waals surface area contributed by atoms with Crippen molar-refractivity contribution in [3.63, 3.8) is 0 Å². The lowest BCUT2D eigenvalue weighted by molar-refractivity contribution is 0.384. The van der Waals surface area contributed by atoms with E-state index in [1.165, 1.54) is 48.0 Å². The Labute approximate surface area is 129 Å². The molecule has 1 aromatic rings. The summed E-state index contributed by atoms with van der Waals surface area (Å²) in [6.45, 7) is 9.47. The minimum atomic E-state index is 0.961. The van der Waals surface area contributed by atoms with E-state index in [2.05, 4.69) is 65.3 Å². The van der Waals surface area contributed by atoms with Crippen molar-refractivity contribution < 1.29 is 0 Å². The van der Waals surface area contributed by atoms with E-state index in [0.717, 1.165) is 4.48 Å². The molecule has 0 N–H and O–H groups in total. The Hall–Kier alpha value is -1.37. The number of benzene rings is 1. The maximum Gasteiger partial charge on any atom is 0.133 e. The first-order chi connectivity index (χ1) is 9.41. The van der Waals surface area contributed by atoms with E-state index in [4.69, 9.17) is 5.26 Å². The van der Waals surface area contributed by atoms with E-state index in [0.29, 0.717) is 0 Å². The molecule has 110 valence electrons. The Kier molecular flexibility index (Phi) is 8.87. The number of hydrogen-bond donors (Lipinski definition) is 0. The number of nitriles is 1. The average Bonchev–Trinajstić information content (AvgIpc) is 2.39. The van der Waals surface area contributed by atoms with Crippen LogP contribution in [0.5, 0.6) is 0 Å². The number of aryl methyl sites for hydroxylation is 1. The first-order valence-corrected chi connectivity index (χ1v) is 7.41. The quantitative estimate of drug-likeness (QED) is 0.335. The average molecular weight is 290 g/mol. The van der Waals surface area contributed by atoms with E-state index in [9.17, 15) is 0 Å². The van der Waals surface area contributed by atoms with Crippen LogP contribution in [0, 0.1) is 17.6 Å². The molecule has 0 radical (unpaired) electrons. The maximum atomic E-state index is 7.13. The number of nitrogens with zero attached hydrogens (tertiary/aromatic N) is 2. The predicted molar refractivity (Wildman–Crippen MR) is 92.3 cm³/mol. The standard InChI is InChI=1S/C16H26N.CHNS/c1-6-8-9-10-17(4,5)16-12-14(3)11-15(7-2)13-16;2-1-3/h7,11-13H,2,6,8-10H2,1,3-5H3;3H/q+1;/p-1. The highest BCUT2D eigenvalue weighted by molar-refractivity contribution is 7.64. The van der Waals surface area contributed by atoms with Gasteiger partial charge in [0.25, 0.3) is 0 Å². The molecule has 1 aromatic carbocycles. The fourth-order valence-electron chi connectivity index (χ4n) is 2.15. The van der Waals surface area contributed by atoms with Gasteiger partial charge >= 0.3 is 0 Å². The molecule has 0 spiro atoms. The van der Waals surface area contributed by atoms with Crippen molar-refractivity contribution in [1.29, 1.82) is 5.26 Å². The van der Waals surface area contributed by atoms with Gasteiger partial charge in [-0.05, 0) is 30.9 Å². The summed E-state index contributed by atoms with van der Waals surface area (Å²) in [7, 11) is 4.58. The molecule has 0 aromatic heterocycles. The van der Waals surface area contributed by atoms with Gasteiger partial charge in [0.15, 0.2) is 0 Å². The van der Waals surface area contributed by atoms with Crippen LogP contribution >= 0.6 is 0 Å². The van der Waals surface area contributed by atoms with Crippen LogP contribution in [0.15, 0.2) is 24.8 Å². The second-order valence-corrected chi connectivity index (χ2v) is 5.70. The van der Waals surface area contributed by atoms with Gasteiger partial charge < -0.3 is 12.6 Å². The van der Waals surface area contributed by atoms with Gasteiger partial charge in [-0.1, -0.05) is 37.5 Å². The van der Waals surface area contributed by atoms with Crippen LogP contribution < -0.4 is 4.48 Å². The molecular formula is C17H26N2S. The first-order valence-electron chi connectivity index (χ1n) is 7.00. The van der Waals surface area contributed by atoms with E-state index in [1.54, 1.807) is 0 Å². The molecule has 1 rings (SSSR count). The van der Waals surface area contributed by atoms with Crippen molar-refractivity contribution in [2.24, 2.45) is 0 Å². The number of unbranched alkanes of at least 4 members (excludes halogenated alkanes) is 2. The summed E-state index contributed by atoms with van der Waals surface area (Å²) in [4.78, 5) is 0. The third-order valence-electron chi connectivity index (χ3n) is 3.34. The summed E-state index contributed by atoms with van der Waals surface area (Å²) in [5.74, 6) is 0. The fourth-order valence-corrected chi connectivity index (χ4v) is 2.15. The molecule has 0 fully saturated rings. The van der Waals surface area contributed by atoms with Crippen molar-refractivity contribution in [3.05, 3.63) is 35.9 Å². The largest absolute Gasteiger partial charge is 0.696 e. The first kappa shape index (κ1) is 18.6. The molecule has 0 amide bonds. The second-order valence-electron chi connectivity index (χ2n) is 5.51.